The molecule has 32 heavy (non-hydrogen) atoms. The highest BCUT2D eigenvalue weighted by atomic mass is 16.4. The van der Waals surface area contributed by atoms with Crippen molar-refractivity contribution >= 4 is 29.7 Å². The van der Waals surface area contributed by atoms with E-state index in [9.17, 15) is 29.1 Å². The van der Waals surface area contributed by atoms with Gasteiger partial charge in [-0.15, -0.1) is 0 Å². The zero-order valence-electron chi connectivity index (χ0n) is 17.5. The summed E-state index contributed by atoms with van der Waals surface area (Å²) in [4.78, 5) is 59.2. The molecule has 4 atom stereocenters. The van der Waals surface area contributed by atoms with Crippen molar-refractivity contribution < 1.29 is 39.3 Å². The molecule has 0 bridgehead atoms. The number of rotatable bonds is 13. The molecule has 0 saturated heterocycles. The average molecular weight is 452 g/mol. The Bertz CT molecular complexity index is 817. The van der Waals surface area contributed by atoms with E-state index in [1.165, 1.54) is 6.92 Å². The smallest absolute Gasteiger partial charge is 0.326 e. The van der Waals surface area contributed by atoms with Crippen molar-refractivity contribution in [2.75, 3.05) is 6.61 Å². The second-order valence-electron chi connectivity index (χ2n) is 7.10. The molecule has 0 aliphatic rings. The lowest BCUT2D eigenvalue weighted by Crippen LogP contribution is -2.56. The van der Waals surface area contributed by atoms with Gasteiger partial charge in [-0.2, -0.15) is 0 Å². The van der Waals surface area contributed by atoms with Crippen molar-refractivity contribution in [2.45, 2.75) is 50.4 Å². The summed E-state index contributed by atoms with van der Waals surface area (Å²) in [6.07, 6.45) is -0.713. The quantitative estimate of drug-likeness (QED) is 0.176. The van der Waals surface area contributed by atoms with Gasteiger partial charge in [0.05, 0.1) is 6.61 Å². The molecule has 0 aliphatic heterocycles. The first-order valence-electron chi connectivity index (χ1n) is 9.81. The number of nitrogens with one attached hydrogen (secondary N) is 3. The predicted octanol–water partition coefficient (Wildman–Crippen LogP) is -2.03. The molecule has 176 valence electrons. The second kappa shape index (κ2) is 13.0. The number of aliphatic carboxylic acids is 2. The van der Waals surface area contributed by atoms with Crippen LogP contribution in [-0.4, -0.2) is 75.8 Å². The summed E-state index contributed by atoms with van der Waals surface area (Å²) in [7, 11) is 0. The molecule has 0 fully saturated rings. The molecule has 12 nitrogen and oxygen atoms in total. The Labute approximate surface area is 184 Å². The third kappa shape index (κ3) is 9.10. The monoisotopic (exact) mass is 452 g/mol. The fourth-order valence-corrected chi connectivity index (χ4v) is 2.62. The summed E-state index contributed by atoms with van der Waals surface area (Å²) < 4.78 is 0. The van der Waals surface area contributed by atoms with Crippen LogP contribution in [0.15, 0.2) is 30.3 Å². The van der Waals surface area contributed by atoms with E-state index in [2.05, 4.69) is 16.0 Å². The Hall–Kier alpha value is -3.51. The number of hydrogen-bond donors (Lipinski definition) is 7. The summed E-state index contributed by atoms with van der Waals surface area (Å²) in [6, 6.07) is 3.57. The minimum Gasteiger partial charge on any atom is -0.481 e. The number of aliphatic hydroxyl groups excluding tert-OH is 1. The molecule has 3 amide bonds. The van der Waals surface area contributed by atoms with Crippen LogP contribution >= 0.6 is 0 Å². The predicted molar refractivity (Wildman–Crippen MR) is 111 cm³/mol. The molecule has 0 spiro atoms. The topological polar surface area (TPSA) is 208 Å². The van der Waals surface area contributed by atoms with Crippen molar-refractivity contribution in [1.82, 2.24) is 16.0 Å². The molecule has 1 aromatic rings. The molecule has 0 radical (unpaired) electrons. The first-order valence-corrected chi connectivity index (χ1v) is 9.81. The van der Waals surface area contributed by atoms with Crippen LogP contribution < -0.4 is 21.7 Å². The van der Waals surface area contributed by atoms with Crippen LogP contribution in [0.2, 0.25) is 0 Å². The normalized spacial score (nSPS) is 14.3. The number of amides is 3. The van der Waals surface area contributed by atoms with Gasteiger partial charge in [0.2, 0.25) is 17.7 Å². The maximum atomic E-state index is 12.5. The van der Waals surface area contributed by atoms with Gasteiger partial charge in [-0.25, -0.2) is 4.79 Å². The number of benzene rings is 1. The van der Waals surface area contributed by atoms with Gasteiger partial charge in [0, 0.05) is 12.8 Å². The van der Waals surface area contributed by atoms with Crippen LogP contribution in [-0.2, 0) is 30.4 Å². The highest BCUT2D eigenvalue weighted by Crippen LogP contribution is 2.05. The van der Waals surface area contributed by atoms with Crippen LogP contribution in [0, 0.1) is 0 Å². The number of carbonyl (C=O) groups excluding carboxylic acids is 3. The Morgan fingerprint density at radius 1 is 0.906 bits per heavy atom. The Kier molecular flexibility index (Phi) is 10.8. The fraction of sp³-hybridized carbons (Fsp3) is 0.450. The van der Waals surface area contributed by atoms with E-state index in [0.29, 0.717) is 5.56 Å². The maximum Gasteiger partial charge on any atom is 0.326 e. The van der Waals surface area contributed by atoms with E-state index in [1.807, 2.05) is 0 Å². The summed E-state index contributed by atoms with van der Waals surface area (Å²) in [5.41, 5.74) is 6.08. The van der Waals surface area contributed by atoms with Crippen molar-refractivity contribution in [3.63, 3.8) is 0 Å². The summed E-state index contributed by atoms with van der Waals surface area (Å²) in [5, 5.41) is 34.1. The van der Waals surface area contributed by atoms with Gasteiger partial charge in [0.25, 0.3) is 0 Å². The third-order valence-corrected chi connectivity index (χ3v) is 4.46. The van der Waals surface area contributed by atoms with E-state index < -0.39 is 66.9 Å². The number of carboxylic acids is 2. The zero-order chi connectivity index (χ0) is 24.3. The second-order valence-corrected chi connectivity index (χ2v) is 7.10. The largest absolute Gasteiger partial charge is 0.481 e. The Morgan fingerprint density at radius 2 is 1.50 bits per heavy atom. The lowest BCUT2D eigenvalue weighted by Gasteiger charge is -2.23. The highest BCUT2D eigenvalue weighted by molar-refractivity contribution is 5.94. The van der Waals surface area contributed by atoms with Crippen LogP contribution in [0.25, 0.3) is 0 Å². The molecule has 4 unspecified atom stereocenters. The van der Waals surface area contributed by atoms with Gasteiger partial charge in [-0.05, 0) is 18.9 Å². The zero-order valence-corrected chi connectivity index (χ0v) is 17.5. The number of hydrogen-bond acceptors (Lipinski definition) is 7. The standard InChI is InChI=1S/C20H28N4O8/c1-11(17(28)24-15(20(31)32)9-12-5-3-2-4-6-12)22-19(30)14(7-8-16(26)27)23-18(29)13(21)10-25/h2-6,11,13-15,25H,7-10,21H2,1H3,(H,22,30)(H,23,29)(H,24,28)(H,26,27)(H,31,32). The lowest BCUT2D eigenvalue weighted by molar-refractivity contribution is -0.142. The number of nitrogens with two attached hydrogens (primary N) is 1. The van der Waals surface area contributed by atoms with Gasteiger partial charge in [0.15, 0.2) is 0 Å². The van der Waals surface area contributed by atoms with E-state index in [-0.39, 0.29) is 12.8 Å². The fourth-order valence-electron chi connectivity index (χ4n) is 2.62. The van der Waals surface area contributed by atoms with Crippen LogP contribution in [0.4, 0.5) is 0 Å². The average Bonchev–Trinajstić information content (AvgIpc) is 2.75. The SMILES string of the molecule is CC(NC(=O)C(CCC(=O)O)NC(=O)C(N)CO)C(=O)NC(Cc1ccccc1)C(=O)O. The van der Waals surface area contributed by atoms with Crippen LogP contribution in [0.5, 0.6) is 0 Å². The molecule has 1 aromatic carbocycles. The van der Waals surface area contributed by atoms with Crippen molar-refractivity contribution in [3.8, 4) is 0 Å². The Balaban J connectivity index is 2.78. The van der Waals surface area contributed by atoms with Gasteiger partial charge in [-0.1, -0.05) is 30.3 Å². The van der Waals surface area contributed by atoms with Gasteiger partial charge >= 0.3 is 11.9 Å². The van der Waals surface area contributed by atoms with E-state index in [1.54, 1.807) is 30.3 Å². The Morgan fingerprint density at radius 3 is 2.03 bits per heavy atom. The summed E-state index contributed by atoms with van der Waals surface area (Å²) >= 11 is 0. The highest BCUT2D eigenvalue weighted by Gasteiger charge is 2.28. The van der Waals surface area contributed by atoms with Crippen LogP contribution in [0.1, 0.15) is 25.3 Å². The van der Waals surface area contributed by atoms with E-state index in [4.69, 9.17) is 15.9 Å². The number of carbonyl (C=O) groups is 5. The first kappa shape index (κ1) is 26.5. The molecular weight excluding hydrogens is 424 g/mol. The molecular formula is C20H28N4O8. The number of carboxylic acid groups (broad SMARTS) is 2. The molecule has 0 heterocycles. The summed E-state index contributed by atoms with van der Waals surface area (Å²) in [5.74, 6) is -4.98. The van der Waals surface area contributed by atoms with E-state index in [0.717, 1.165) is 0 Å². The molecule has 12 heteroatoms. The van der Waals surface area contributed by atoms with E-state index >= 15 is 0 Å². The van der Waals surface area contributed by atoms with Crippen molar-refractivity contribution in [1.29, 1.82) is 0 Å². The molecule has 1 rings (SSSR count). The van der Waals surface area contributed by atoms with Gasteiger partial charge in [-0.3, -0.25) is 19.2 Å². The maximum absolute atomic E-state index is 12.5. The van der Waals surface area contributed by atoms with Crippen molar-refractivity contribution in [3.05, 3.63) is 35.9 Å². The first-order chi connectivity index (χ1) is 15.0. The van der Waals surface area contributed by atoms with Crippen LogP contribution in [0.3, 0.4) is 0 Å². The molecule has 0 aromatic heterocycles. The molecule has 0 aliphatic carbocycles. The number of aliphatic hydroxyl groups is 1. The summed E-state index contributed by atoms with van der Waals surface area (Å²) in [6.45, 7) is 0.625. The minimum absolute atomic E-state index is 0.0267. The third-order valence-electron chi connectivity index (χ3n) is 4.46. The molecule has 0 saturated carbocycles. The van der Waals surface area contributed by atoms with Crippen molar-refractivity contribution in [2.24, 2.45) is 5.73 Å². The molecule has 8 N–H and O–H groups in total. The minimum atomic E-state index is -1.33. The lowest BCUT2D eigenvalue weighted by atomic mass is 10.1. The van der Waals surface area contributed by atoms with Gasteiger partial charge < -0.3 is 37.0 Å². The van der Waals surface area contributed by atoms with Gasteiger partial charge in [0.1, 0.15) is 24.2 Å².